The molecule has 0 radical (unpaired) electrons. The van der Waals surface area contributed by atoms with E-state index >= 15 is 0 Å². The molecule has 0 bridgehead atoms. The number of aliphatic hydroxyl groups excluding tert-OH is 1. The molecule has 15 heavy (non-hydrogen) atoms. The third-order valence-electron chi connectivity index (χ3n) is 4.15. The molecule has 80 valence electrons. The first-order valence-corrected chi connectivity index (χ1v) is 5.98. The summed E-state index contributed by atoms with van der Waals surface area (Å²) in [5, 5.41) is 10.2. The van der Waals surface area contributed by atoms with Crippen molar-refractivity contribution in [2.75, 3.05) is 0 Å². The average Bonchev–Trinajstić information content (AvgIpc) is 2.86. The summed E-state index contributed by atoms with van der Waals surface area (Å²) < 4.78 is 0. The van der Waals surface area contributed by atoms with Crippen molar-refractivity contribution >= 4 is 0 Å². The maximum atomic E-state index is 10.2. The highest BCUT2D eigenvalue weighted by Gasteiger charge is 2.47. The summed E-state index contributed by atoms with van der Waals surface area (Å²) in [7, 11) is 0. The van der Waals surface area contributed by atoms with Crippen molar-refractivity contribution in [1.82, 2.24) is 0 Å². The van der Waals surface area contributed by atoms with Crippen LogP contribution in [0.3, 0.4) is 0 Å². The minimum atomic E-state index is -0.224. The van der Waals surface area contributed by atoms with Crippen molar-refractivity contribution in [3.05, 3.63) is 35.4 Å². The second-order valence-electron chi connectivity index (χ2n) is 5.34. The van der Waals surface area contributed by atoms with Gasteiger partial charge in [0.25, 0.3) is 0 Å². The van der Waals surface area contributed by atoms with Crippen molar-refractivity contribution < 1.29 is 5.11 Å². The van der Waals surface area contributed by atoms with Crippen LogP contribution in [0.2, 0.25) is 0 Å². The van der Waals surface area contributed by atoms with Gasteiger partial charge in [0, 0.05) is 0 Å². The minimum absolute atomic E-state index is 0.224. The Balaban J connectivity index is 1.73. The van der Waals surface area contributed by atoms with Crippen molar-refractivity contribution in [2.45, 2.75) is 32.3 Å². The van der Waals surface area contributed by atoms with Gasteiger partial charge >= 0.3 is 0 Å². The molecule has 0 aliphatic heterocycles. The molecule has 2 fully saturated rings. The predicted octanol–water partition coefficient (Wildman–Crippen LogP) is 3.07. The lowest BCUT2D eigenvalue weighted by Gasteiger charge is -2.19. The summed E-state index contributed by atoms with van der Waals surface area (Å²) in [4.78, 5) is 0. The summed E-state index contributed by atoms with van der Waals surface area (Å²) in [6.07, 6.45) is 3.70. The Kier molecular flexibility index (Phi) is 2.10. The minimum Gasteiger partial charge on any atom is -0.388 e. The quantitative estimate of drug-likeness (QED) is 0.781. The first kappa shape index (κ1) is 9.41. The van der Waals surface area contributed by atoms with E-state index in [2.05, 4.69) is 31.2 Å². The lowest BCUT2D eigenvalue weighted by Crippen LogP contribution is -2.10. The second-order valence-corrected chi connectivity index (χ2v) is 5.34. The fourth-order valence-electron chi connectivity index (χ4n) is 3.06. The Morgan fingerprint density at radius 2 is 1.67 bits per heavy atom. The molecule has 1 heteroatoms. The van der Waals surface area contributed by atoms with Crippen LogP contribution in [0, 0.1) is 24.7 Å². The van der Waals surface area contributed by atoms with Crippen molar-refractivity contribution in [3.63, 3.8) is 0 Å². The molecule has 1 aromatic carbocycles. The van der Waals surface area contributed by atoms with E-state index in [0.717, 1.165) is 17.4 Å². The van der Waals surface area contributed by atoms with Crippen LogP contribution in [0.1, 0.15) is 36.5 Å². The van der Waals surface area contributed by atoms with Crippen LogP contribution in [-0.2, 0) is 0 Å². The van der Waals surface area contributed by atoms with Crippen molar-refractivity contribution in [3.8, 4) is 0 Å². The number of benzene rings is 1. The first-order valence-electron chi connectivity index (χ1n) is 5.98. The van der Waals surface area contributed by atoms with E-state index in [0.29, 0.717) is 5.92 Å². The fourth-order valence-corrected chi connectivity index (χ4v) is 3.06. The van der Waals surface area contributed by atoms with Gasteiger partial charge < -0.3 is 5.11 Å². The molecule has 0 spiro atoms. The average molecular weight is 202 g/mol. The molecule has 2 saturated carbocycles. The Labute approximate surface area is 91.1 Å². The molecular weight excluding hydrogens is 184 g/mol. The molecular formula is C14H18O. The molecule has 0 amide bonds. The zero-order chi connectivity index (χ0) is 10.4. The van der Waals surface area contributed by atoms with Crippen LogP contribution in [0.25, 0.3) is 0 Å². The molecule has 2 aliphatic rings. The zero-order valence-corrected chi connectivity index (χ0v) is 9.19. The standard InChI is InChI=1S/C14H18O/c1-9-2-4-10(5-3-9)14(15)13-7-11-6-12(11)8-13/h2-5,11-15H,6-8H2,1H3. The smallest absolute Gasteiger partial charge is 0.0818 e. The molecule has 0 heterocycles. The van der Waals surface area contributed by atoms with Gasteiger partial charge in [0.15, 0.2) is 0 Å². The molecule has 1 N–H and O–H groups in total. The van der Waals surface area contributed by atoms with Crippen LogP contribution >= 0.6 is 0 Å². The Morgan fingerprint density at radius 3 is 2.27 bits per heavy atom. The van der Waals surface area contributed by atoms with E-state index < -0.39 is 0 Å². The lowest BCUT2D eigenvalue weighted by molar-refractivity contribution is 0.104. The Bertz CT molecular complexity index is 344. The molecule has 1 nitrogen and oxygen atoms in total. The first-order chi connectivity index (χ1) is 7.24. The fraction of sp³-hybridized carbons (Fsp3) is 0.571. The van der Waals surface area contributed by atoms with E-state index in [1.54, 1.807) is 0 Å². The monoisotopic (exact) mass is 202 g/mol. The maximum Gasteiger partial charge on any atom is 0.0818 e. The Morgan fingerprint density at radius 1 is 1.07 bits per heavy atom. The van der Waals surface area contributed by atoms with Crippen LogP contribution in [0.5, 0.6) is 0 Å². The van der Waals surface area contributed by atoms with Gasteiger partial charge in [-0.15, -0.1) is 0 Å². The van der Waals surface area contributed by atoms with Crippen molar-refractivity contribution in [1.29, 1.82) is 0 Å². The number of fused-ring (bicyclic) bond motifs is 1. The number of rotatable bonds is 2. The summed E-state index contributed by atoms with van der Waals surface area (Å²) in [6, 6.07) is 8.33. The van der Waals surface area contributed by atoms with Crippen molar-refractivity contribution in [2.24, 2.45) is 17.8 Å². The summed E-state index contributed by atoms with van der Waals surface area (Å²) in [6.45, 7) is 2.08. The number of hydrogen-bond donors (Lipinski definition) is 1. The molecule has 3 rings (SSSR count). The highest BCUT2D eigenvalue weighted by atomic mass is 16.3. The largest absolute Gasteiger partial charge is 0.388 e. The maximum absolute atomic E-state index is 10.2. The predicted molar refractivity (Wildman–Crippen MR) is 60.5 cm³/mol. The van der Waals surface area contributed by atoms with E-state index in [1.165, 1.54) is 24.8 Å². The molecule has 0 aromatic heterocycles. The van der Waals surface area contributed by atoms with Crippen LogP contribution in [0.15, 0.2) is 24.3 Å². The van der Waals surface area contributed by atoms with Gasteiger partial charge in [-0.2, -0.15) is 0 Å². The number of aryl methyl sites for hydroxylation is 1. The second kappa shape index (κ2) is 3.34. The molecule has 3 atom stereocenters. The SMILES string of the molecule is Cc1ccc(C(O)C2CC3CC3C2)cc1. The van der Waals surface area contributed by atoms with Gasteiger partial charge in [-0.25, -0.2) is 0 Å². The van der Waals surface area contributed by atoms with Gasteiger partial charge in [0.1, 0.15) is 0 Å². The van der Waals surface area contributed by atoms with Crippen LogP contribution < -0.4 is 0 Å². The summed E-state index contributed by atoms with van der Waals surface area (Å²) in [5.74, 6) is 2.43. The van der Waals surface area contributed by atoms with Crippen LogP contribution in [0.4, 0.5) is 0 Å². The van der Waals surface area contributed by atoms with Gasteiger partial charge in [0.2, 0.25) is 0 Å². The molecule has 1 aromatic rings. The van der Waals surface area contributed by atoms with E-state index in [9.17, 15) is 5.11 Å². The normalized spacial score (nSPS) is 34.9. The highest BCUT2D eigenvalue weighted by Crippen LogP contribution is 2.57. The number of aliphatic hydroxyl groups is 1. The van der Waals surface area contributed by atoms with Gasteiger partial charge in [-0.3, -0.25) is 0 Å². The van der Waals surface area contributed by atoms with Gasteiger partial charge in [-0.05, 0) is 49.5 Å². The number of hydrogen-bond acceptors (Lipinski definition) is 1. The van der Waals surface area contributed by atoms with Crippen LogP contribution in [-0.4, -0.2) is 5.11 Å². The third kappa shape index (κ3) is 1.69. The Hall–Kier alpha value is -0.820. The summed E-state index contributed by atoms with van der Waals surface area (Å²) in [5.41, 5.74) is 2.37. The lowest BCUT2D eigenvalue weighted by atomic mass is 9.91. The van der Waals surface area contributed by atoms with Gasteiger partial charge in [-0.1, -0.05) is 29.8 Å². The van der Waals surface area contributed by atoms with E-state index in [-0.39, 0.29) is 6.10 Å². The molecule has 0 saturated heterocycles. The molecule has 2 aliphatic carbocycles. The molecule has 3 unspecified atom stereocenters. The summed E-state index contributed by atoms with van der Waals surface area (Å²) >= 11 is 0. The van der Waals surface area contributed by atoms with E-state index in [1.807, 2.05) is 0 Å². The highest BCUT2D eigenvalue weighted by molar-refractivity contribution is 5.24. The zero-order valence-electron chi connectivity index (χ0n) is 9.19. The topological polar surface area (TPSA) is 20.2 Å². The van der Waals surface area contributed by atoms with Gasteiger partial charge in [0.05, 0.1) is 6.10 Å². The van der Waals surface area contributed by atoms with E-state index in [4.69, 9.17) is 0 Å². The third-order valence-corrected chi connectivity index (χ3v) is 4.15.